The van der Waals surface area contributed by atoms with Crippen LogP contribution in [0.15, 0.2) is 48.5 Å². The number of ether oxygens (including phenoxy) is 2. The molecule has 170 valence electrons. The third-order valence-corrected chi connectivity index (χ3v) is 5.23. The van der Waals surface area contributed by atoms with E-state index < -0.39 is 12.1 Å². The number of aliphatic carboxylic acids is 1. The van der Waals surface area contributed by atoms with Gasteiger partial charge in [0.1, 0.15) is 13.2 Å². The smallest absolute Gasteiger partial charge is 0.407 e. The van der Waals surface area contributed by atoms with Crippen LogP contribution in [0, 0.1) is 0 Å². The van der Waals surface area contributed by atoms with Crippen LogP contribution in [0.25, 0.3) is 11.1 Å². The van der Waals surface area contributed by atoms with E-state index in [0.717, 1.165) is 11.1 Å². The van der Waals surface area contributed by atoms with Crippen LogP contribution in [0.4, 0.5) is 4.79 Å². The highest BCUT2D eigenvalue weighted by Crippen LogP contribution is 2.44. The van der Waals surface area contributed by atoms with Gasteiger partial charge in [-0.3, -0.25) is 9.59 Å². The zero-order valence-electron chi connectivity index (χ0n) is 17.8. The molecule has 0 spiro atoms. The predicted octanol–water partition coefficient (Wildman–Crippen LogP) is 2.91. The van der Waals surface area contributed by atoms with Crippen molar-refractivity contribution in [3.63, 3.8) is 0 Å². The summed E-state index contributed by atoms with van der Waals surface area (Å²) in [7, 11) is 0. The van der Waals surface area contributed by atoms with Crippen molar-refractivity contribution in [1.29, 1.82) is 0 Å². The number of rotatable bonds is 12. The number of unbranched alkanes of at least 4 members (excludes halogenated alkanes) is 1. The maximum Gasteiger partial charge on any atom is 0.407 e. The van der Waals surface area contributed by atoms with Gasteiger partial charge in [-0.1, -0.05) is 48.5 Å². The SMILES string of the molecule is O=C(O)CCCCNC(=O)COCCNC(=O)OCC1c2ccccc2-c2ccccc21. The summed E-state index contributed by atoms with van der Waals surface area (Å²) in [5.41, 5.74) is 4.65. The van der Waals surface area contributed by atoms with Gasteiger partial charge in [0.2, 0.25) is 5.91 Å². The van der Waals surface area contributed by atoms with E-state index in [1.54, 1.807) is 0 Å². The average Bonchev–Trinajstić information content (AvgIpc) is 3.11. The first-order valence-electron chi connectivity index (χ1n) is 10.7. The molecule has 0 heterocycles. The monoisotopic (exact) mass is 440 g/mol. The molecule has 3 rings (SSSR count). The number of carbonyl (C=O) groups excluding carboxylic acids is 2. The van der Waals surface area contributed by atoms with Gasteiger partial charge in [0.15, 0.2) is 0 Å². The van der Waals surface area contributed by atoms with Gasteiger partial charge in [0, 0.05) is 25.4 Å². The molecule has 0 atom stereocenters. The van der Waals surface area contributed by atoms with Gasteiger partial charge in [-0.2, -0.15) is 0 Å². The predicted molar refractivity (Wildman–Crippen MR) is 118 cm³/mol. The number of alkyl carbamates (subject to hydrolysis) is 1. The fourth-order valence-corrected chi connectivity index (χ4v) is 3.72. The third-order valence-electron chi connectivity index (χ3n) is 5.23. The molecule has 1 aliphatic rings. The molecule has 0 unspecified atom stereocenters. The lowest BCUT2D eigenvalue weighted by Crippen LogP contribution is -2.32. The first kappa shape index (κ1) is 23.3. The van der Waals surface area contributed by atoms with Crippen LogP contribution in [-0.4, -0.2) is 56.0 Å². The second-order valence-electron chi connectivity index (χ2n) is 7.51. The number of fused-ring (bicyclic) bond motifs is 3. The Balaban J connectivity index is 1.30. The van der Waals surface area contributed by atoms with Gasteiger partial charge in [0.05, 0.1) is 6.61 Å². The third kappa shape index (κ3) is 6.55. The van der Waals surface area contributed by atoms with E-state index in [0.29, 0.717) is 19.4 Å². The van der Waals surface area contributed by atoms with Gasteiger partial charge >= 0.3 is 12.1 Å². The molecule has 8 heteroatoms. The standard InChI is InChI=1S/C24H28N2O6/c27-22(25-12-6-5-11-23(28)29)16-31-14-13-26-24(30)32-15-21-19-9-3-1-7-17(19)18-8-2-4-10-20(18)21/h1-4,7-10,21H,5-6,11-16H2,(H,25,27)(H,26,30)(H,28,29). The van der Waals surface area contributed by atoms with Crippen molar-refractivity contribution in [3.05, 3.63) is 59.7 Å². The van der Waals surface area contributed by atoms with E-state index in [-0.39, 0.29) is 44.6 Å². The van der Waals surface area contributed by atoms with Gasteiger partial charge in [-0.05, 0) is 35.1 Å². The summed E-state index contributed by atoms with van der Waals surface area (Å²) >= 11 is 0. The van der Waals surface area contributed by atoms with Crippen LogP contribution in [0.5, 0.6) is 0 Å². The Bertz CT molecular complexity index is 900. The Morgan fingerprint density at radius 2 is 1.53 bits per heavy atom. The molecular weight excluding hydrogens is 412 g/mol. The first-order chi connectivity index (χ1) is 15.6. The summed E-state index contributed by atoms with van der Waals surface area (Å²) in [6.45, 7) is 0.934. The van der Waals surface area contributed by atoms with Crippen LogP contribution in [0.1, 0.15) is 36.3 Å². The molecule has 0 radical (unpaired) electrons. The van der Waals surface area contributed by atoms with Crippen LogP contribution in [0.2, 0.25) is 0 Å². The Labute approximate surface area is 186 Å². The van der Waals surface area contributed by atoms with Crippen LogP contribution in [0.3, 0.4) is 0 Å². The summed E-state index contributed by atoms with van der Waals surface area (Å²) in [6, 6.07) is 16.3. The van der Waals surface area contributed by atoms with E-state index >= 15 is 0 Å². The molecule has 2 aromatic rings. The minimum atomic E-state index is -0.844. The molecule has 3 N–H and O–H groups in total. The molecule has 0 fully saturated rings. The Hall–Kier alpha value is -3.39. The molecule has 1 aliphatic carbocycles. The van der Waals surface area contributed by atoms with Crippen LogP contribution >= 0.6 is 0 Å². The molecule has 2 amide bonds. The van der Waals surface area contributed by atoms with Gasteiger partial charge in [0.25, 0.3) is 0 Å². The molecule has 0 aromatic heterocycles. The second-order valence-corrected chi connectivity index (χ2v) is 7.51. The zero-order chi connectivity index (χ0) is 22.8. The second kappa shape index (κ2) is 11.9. The number of carboxylic acid groups (broad SMARTS) is 1. The molecule has 8 nitrogen and oxygen atoms in total. The Kier molecular flexibility index (Phi) is 8.62. The van der Waals surface area contributed by atoms with Crippen molar-refractivity contribution in [1.82, 2.24) is 10.6 Å². The van der Waals surface area contributed by atoms with Crippen LogP contribution < -0.4 is 10.6 Å². The van der Waals surface area contributed by atoms with Gasteiger partial charge < -0.3 is 25.2 Å². The van der Waals surface area contributed by atoms with E-state index in [2.05, 4.69) is 34.9 Å². The number of amides is 2. The molecular formula is C24H28N2O6. The average molecular weight is 440 g/mol. The van der Waals surface area contributed by atoms with Crippen LogP contribution in [-0.2, 0) is 19.1 Å². The molecule has 0 saturated carbocycles. The summed E-state index contributed by atoms with van der Waals surface area (Å²) in [4.78, 5) is 34.1. The topological polar surface area (TPSA) is 114 Å². The number of carbonyl (C=O) groups is 3. The number of nitrogens with one attached hydrogen (secondary N) is 2. The summed E-state index contributed by atoms with van der Waals surface area (Å²) in [5, 5.41) is 13.8. The first-order valence-corrected chi connectivity index (χ1v) is 10.7. The summed E-state index contributed by atoms with van der Waals surface area (Å²) < 4.78 is 10.7. The highest BCUT2D eigenvalue weighted by molar-refractivity contribution is 5.79. The Morgan fingerprint density at radius 3 is 2.19 bits per heavy atom. The fraction of sp³-hybridized carbons (Fsp3) is 0.375. The highest BCUT2D eigenvalue weighted by atomic mass is 16.5. The maximum absolute atomic E-state index is 12.1. The number of hydrogen-bond acceptors (Lipinski definition) is 5. The van der Waals surface area contributed by atoms with E-state index in [4.69, 9.17) is 14.6 Å². The lowest BCUT2D eigenvalue weighted by molar-refractivity contribution is -0.137. The molecule has 0 bridgehead atoms. The van der Waals surface area contributed by atoms with E-state index in [1.165, 1.54) is 11.1 Å². The van der Waals surface area contributed by atoms with Crippen molar-refractivity contribution >= 4 is 18.0 Å². The minimum absolute atomic E-state index is 0.00333. The molecule has 0 aliphatic heterocycles. The summed E-state index contributed by atoms with van der Waals surface area (Å²) in [6.07, 6.45) is 0.675. The number of hydrogen-bond donors (Lipinski definition) is 3. The lowest BCUT2D eigenvalue weighted by atomic mass is 9.98. The van der Waals surface area contributed by atoms with E-state index in [9.17, 15) is 14.4 Å². The zero-order valence-corrected chi connectivity index (χ0v) is 17.8. The van der Waals surface area contributed by atoms with Gasteiger partial charge in [-0.15, -0.1) is 0 Å². The highest BCUT2D eigenvalue weighted by Gasteiger charge is 2.28. The normalized spacial score (nSPS) is 12.0. The van der Waals surface area contributed by atoms with Gasteiger partial charge in [-0.25, -0.2) is 4.79 Å². The largest absolute Gasteiger partial charge is 0.481 e. The number of benzene rings is 2. The minimum Gasteiger partial charge on any atom is -0.481 e. The van der Waals surface area contributed by atoms with Crippen molar-refractivity contribution in [3.8, 4) is 11.1 Å². The molecule has 0 saturated heterocycles. The Morgan fingerprint density at radius 1 is 0.875 bits per heavy atom. The van der Waals surface area contributed by atoms with Crippen molar-refractivity contribution in [2.75, 3.05) is 32.9 Å². The quantitative estimate of drug-likeness (QED) is 0.437. The van der Waals surface area contributed by atoms with E-state index in [1.807, 2.05) is 24.3 Å². The lowest BCUT2D eigenvalue weighted by Gasteiger charge is -2.14. The summed E-state index contributed by atoms with van der Waals surface area (Å²) in [5.74, 6) is -1.12. The van der Waals surface area contributed by atoms with Crippen molar-refractivity contribution in [2.45, 2.75) is 25.2 Å². The maximum atomic E-state index is 12.1. The van der Waals surface area contributed by atoms with Crippen molar-refractivity contribution in [2.24, 2.45) is 0 Å². The fourth-order valence-electron chi connectivity index (χ4n) is 3.72. The number of carboxylic acids is 1. The molecule has 32 heavy (non-hydrogen) atoms. The van der Waals surface area contributed by atoms with Crippen molar-refractivity contribution < 1.29 is 29.0 Å². The molecule has 2 aromatic carbocycles.